The molecule has 0 saturated heterocycles. The third-order valence-corrected chi connectivity index (χ3v) is 0. The maximum absolute atomic E-state index is 0. The van der Waals surface area contributed by atoms with Crippen molar-refractivity contribution in [3.8, 4) is 0 Å². The van der Waals surface area contributed by atoms with Crippen molar-refractivity contribution in [2.45, 2.75) is 0 Å². The summed E-state index contributed by atoms with van der Waals surface area (Å²) >= 11 is 0. The molecule has 0 unspecified atom stereocenters. The summed E-state index contributed by atoms with van der Waals surface area (Å²) in [6.07, 6.45) is 0. The Morgan fingerprint density at radius 1 is 1.00 bits per heavy atom. The summed E-state index contributed by atoms with van der Waals surface area (Å²) in [5.74, 6) is 0. The van der Waals surface area contributed by atoms with Gasteiger partial charge in [0.2, 0.25) is 0 Å². The average Bonchev–Trinajstić information content (AvgIpc) is 0. The van der Waals surface area contributed by atoms with Gasteiger partial charge in [-0.1, -0.05) is 0 Å². The zero-order valence-electron chi connectivity index (χ0n) is 1.67. The van der Waals surface area contributed by atoms with E-state index in [1.165, 1.54) is 0 Å². The first-order valence-corrected chi connectivity index (χ1v) is 0. The third kappa shape index (κ3) is 9.74. The summed E-state index contributed by atoms with van der Waals surface area (Å²) in [7, 11) is 0. The quantitative estimate of drug-likeness (QED) is 0.438. The molecule has 1 radical (unpaired) electrons. The van der Waals surface area contributed by atoms with Crippen LogP contribution in [0.2, 0.25) is 0 Å². The van der Waals surface area contributed by atoms with E-state index in [0.29, 0.717) is 0 Å². The van der Waals surface area contributed by atoms with Crippen LogP contribution in [0.3, 0.4) is 0 Å². The topological polar surface area (TPSA) is 30.0 Å². The fourth-order valence-electron chi connectivity index (χ4n) is 0. The first-order valence-electron chi connectivity index (χ1n) is 0. The molecule has 0 aromatic carbocycles. The Morgan fingerprint density at radius 3 is 1.00 bits per heavy atom. The van der Waals surface area contributed by atoms with Gasteiger partial charge >= 0.3 is 50.6 Å². The largest absolute Gasteiger partial charge is 3.00 e. The fourth-order valence-corrected chi connectivity index (χ4v) is 0. The first-order chi connectivity index (χ1) is 0. The van der Waals surface area contributed by atoms with Crippen LogP contribution >= 0.6 is 0 Å². The molecule has 0 rings (SSSR count). The van der Waals surface area contributed by atoms with Crippen LogP contribution in [-0.2, 0) is 33.3 Å². The Balaban J connectivity index is 0. The number of hydrogen-bond acceptors (Lipinski definition) is 1. The molecule has 0 spiro atoms. The number of rotatable bonds is 0. The molecule has 1 N–H and O–H groups in total. The van der Waals surface area contributed by atoms with E-state index in [1.54, 1.807) is 0 Å². The molecule has 0 aromatic heterocycles. The summed E-state index contributed by atoms with van der Waals surface area (Å²) in [4.78, 5) is 0. The van der Waals surface area contributed by atoms with E-state index >= 15 is 0 Å². The van der Waals surface area contributed by atoms with Gasteiger partial charge in [0.1, 0.15) is 0 Å². The fraction of sp³-hybridized carbons (Fsp3) is 0. The van der Waals surface area contributed by atoms with Gasteiger partial charge in [0.05, 0.1) is 0 Å². The van der Waals surface area contributed by atoms with Crippen LogP contribution in [0.5, 0.6) is 0 Å². The molecule has 0 aliphatic heterocycles. The predicted molar refractivity (Wildman–Crippen MR) is 7.69 cm³/mol. The van der Waals surface area contributed by atoms with Crippen LogP contribution in [0.15, 0.2) is 0 Å². The normalized spacial score (nSPS) is 0. The molecule has 23 valence electrons. The maximum Gasteiger partial charge on any atom is 3.00 e. The molecule has 0 aromatic rings. The first kappa shape index (κ1) is 49.8. The Kier molecular flexibility index (Phi) is 306. The van der Waals surface area contributed by atoms with Gasteiger partial charge in [-0.05, 0) is 0 Å². The second-order valence-corrected chi connectivity index (χ2v) is 0. The molecular formula is HAlCoNiO+6. The summed E-state index contributed by atoms with van der Waals surface area (Å²) < 4.78 is 0. The molecule has 0 fully saturated rings. The summed E-state index contributed by atoms with van der Waals surface area (Å²) in [6, 6.07) is 0. The number of hydrogen-bond donors (Lipinski definition) is 0. The molecule has 0 aliphatic rings. The van der Waals surface area contributed by atoms with E-state index in [1.807, 2.05) is 0 Å². The molecule has 0 aliphatic carbocycles. The molecule has 4 heavy (non-hydrogen) atoms. The van der Waals surface area contributed by atoms with Gasteiger partial charge < -0.3 is 5.48 Å². The van der Waals surface area contributed by atoms with Gasteiger partial charge in [0.15, 0.2) is 0 Å². The van der Waals surface area contributed by atoms with Crippen LogP contribution < -0.4 is 0 Å². The van der Waals surface area contributed by atoms with Crippen molar-refractivity contribution >= 4 is 17.4 Å². The molecule has 0 heterocycles. The van der Waals surface area contributed by atoms with E-state index < -0.39 is 0 Å². The predicted octanol–water partition coefficient (Wildman–Crippen LogP) is -0.563. The molecule has 0 amide bonds. The average molecular weight is 162 g/mol. The van der Waals surface area contributed by atoms with Crippen molar-refractivity contribution in [3.63, 3.8) is 0 Å². The minimum absolute atomic E-state index is 0. The Labute approximate surface area is 56.1 Å². The second-order valence-electron chi connectivity index (χ2n) is 0. The van der Waals surface area contributed by atoms with Crippen molar-refractivity contribution in [1.82, 2.24) is 0 Å². The Morgan fingerprint density at radius 2 is 1.00 bits per heavy atom. The SMILES string of the molecule is [Al+3].[Co+2].[Ni+2].[OH-]. The summed E-state index contributed by atoms with van der Waals surface area (Å²) in [5.41, 5.74) is 0. The van der Waals surface area contributed by atoms with E-state index in [-0.39, 0.29) is 56.1 Å². The smallest absolute Gasteiger partial charge is 0.870 e. The van der Waals surface area contributed by atoms with E-state index in [2.05, 4.69) is 0 Å². The van der Waals surface area contributed by atoms with Gasteiger partial charge in [0, 0.05) is 0 Å². The maximum atomic E-state index is 0. The summed E-state index contributed by atoms with van der Waals surface area (Å²) in [5, 5.41) is 0. The molecule has 0 saturated carbocycles. The van der Waals surface area contributed by atoms with Gasteiger partial charge in [-0.25, -0.2) is 0 Å². The van der Waals surface area contributed by atoms with E-state index in [0.717, 1.165) is 0 Å². The van der Waals surface area contributed by atoms with Crippen molar-refractivity contribution in [1.29, 1.82) is 0 Å². The van der Waals surface area contributed by atoms with Crippen molar-refractivity contribution in [2.24, 2.45) is 0 Å². The molecule has 4 heteroatoms. The third-order valence-electron chi connectivity index (χ3n) is 0. The zero-order chi connectivity index (χ0) is 0. The van der Waals surface area contributed by atoms with E-state index in [9.17, 15) is 0 Å². The van der Waals surface area contributed by atoms with Gasteiger partial charge in [-0.2, -0.15) is 0 Å². The van der Waals surface area contributed by atoms with Crippen molar-refractivity contribution in [2.75, 3.05) is 0 Å². The summed E-state index contributed by atoms with van der Waals surface area (Å²) in [6.45, 7) is 0. The van der Waals surface area contributed by atoms with Crippen LogP contribution in [0.1, 0.15) is 0 Å². The monoisotopic (exact) mass is 161 g/mol. The minimum atomic E-state index is 0. The molecule has 0 atom stereocenters. The Bertz CT molecular complexity index is 8.00. The van der Waals surface area contributed by atoms with Crippen molar-refractivity contribution in [3.05, 3.63) is 0 Å². The minimum Gasteiger partial charge on any atom is -0.870 e. The second kappa shape index (κ2) is 24.6. The molecular weight excluding hydrogens is 161 g/mol. The molecule has 1 nitrogen and oxygen atoms in total. The zero-order valence-corrected chi connectivity index (χ0v) is 4.86. The van der Waals surface area contributed by atoms with Gasteiger partial charge in [-0.3, -0.25) is 0 Å². The van der Waals surface area contributed by atoms with E-state index in [4.69, 9.17) is 0 Å². The van der Waals surface area contributed by atoms with Crippen molar-refractivity contribution < 1.29 is 38.7 Å². The van der Waals surface area contributed by atoms with Crippen LogP contribution in [0.25, 0.3) is 0 Å². The molecule has 0 bridgehead atoms. The van der Waals surface area contributed by atoms with Crippen LogP contribution in [0.4, 0.5) is 0 Å². The van der Waals surface area contributed by atoms with Crippen LogP contribution in [0, 0.1) is 0 Å². The van der Waals surface area contributed by atoms with Gasteiger partial charge in [-0.15, -0.1) is 0 Å². The Hall–Kier alpha value is 1.49. The standard InChI is InChI=1S/Al.Co.Ni.H2O/h;;;1H2/q+3;2*+2;/p-1. The van der Waals surface area contributed by atoms with Gasteiger partial charge in [0.25, 0.3) is 0 Å². The van der Waals surface area contributed by atoms with Crippen LogP contribution in [-0.4, -0.2) is 22.8 Å².